The number of nitrogens with one attached hydrogen (secondary N) is 1. The van der Waals surface area contributed by atoms with Gasteiger partial charge >= 0.3 is 0 Å². The Kier molecular flexibility index (Phi) is 5.47. The zero-order valence-electron chi connectivity index (χ0n) is 16.2. The van der Waals surface area contributed by atoms with E-state index in [1.807, 2.05) is 60.7 Å². The number of para-hydroxylation sites is 1. The summed E-state index contributed by atoms with van der Waals surface area (Å²) in [6, 6.07) is 23.6. The van der Waals surface area contributed by atoms with Crippen molar-refractivity contribution in [1.82, 2.24) is 9.97 Å². The first kappa shape index (κ1) is 18.6. The highest BCUT2D eigenvalue weighted by Gasteiger charge is 2.13. The van der Waals surface area contributed by atoms with Gasteiger partial charge in [0, 0.05) is 36.6 Å². The summed E-state index contributed by atoms with van der Waals surface area (Å²) in [6.45, 7) is 3.70. The highest BCUT2D eigenvalue weighted by molar-refractivity contribution is 6.07. The fraction of sp³-hybridized carbons (Fsp3) is 0.125. The number of hydrogen-bond donors (Lipinski definition) is 1. The maximum Gasteiger partial charge on any atom is 0.274 e. The normalized spacial score (nSPS) is 10.7. The van der Waals surface area contributed by atoms with Gasteiger partial charge in [0.1, 0.15) is 5.69 Å². The molecule has 0 fully saturated rings. The number of carbonyl (C=O) groups is 1. The Balaban J connectivity index is 1.56. The van der Waals surface area contributed by atoms with Crippen molar-refractivity contribution < 1.29 is 4.79 Å². The van der Waals surface area contributed by atoms with Crippen LogP contribution in [0.1, 0.15) is 23.0 Å². The van der Waals surface area contributed by atoms with Crippen LogP contribution in [0.2, 0.25) is 0 Å². The van der Waals surface area contributed by atoms with Crippen LogP contribution in [-0.4, -0.2) is 22.4 Å². The first-order valence-electron chi connectivity index (χ1n) is 9.64. The van der Waals surface area contributed by atoms with E-state index in [1.54, 1.807) is 12.4 Å². The first-order valence-corrected chi connectivity index (χ1v) is 9.64. The predicted octanol–water partition coefficient (Wildman–Crippen LogP) is 4.91. The Hall–Kier alpha value is -3.73. The number of anilines is 2. The lowest BCUT2D eigenvalue weighted by molar-refractivity contribution is 0.102. The van der Waals surface area contributed by atoms with E-state index in [-0.39, 0.29) is 5.91 Å². The monoisotopic (exact) mass is 382 g/mol. The maximum atomic E-state index is 12.9. The van der Waals surface area contributed by atoms with Crippen molar-refractivity contribution in [3.63, 3.8) is 0 Å². The van der Waals surface area contributed by atoms with Crippen molar-refractivity contribution in [2.24, 2.45) is 0 Å². The van der Waals surface area contributed by atoms with Crippen molar-refractivity contribution in [1.29, 1.82) is 0 Å². The zero-order valence-corrected chi connectivity index (χ0v) is 16.2. The van der Waals surface area contributed by atoms with E-state index in [1.165, 1.54) is 5.56 Å². The summed E-state index contributed by atoms with van der Waals surface area (Å²) in [5.74, 6) is -0.249. The minimum atomic E-state index is -0.249. The summed E-state index contributed by atoms with van der Waals surface area (Å²) in [7, 11) is 0. The fourth-order valence-corrected chi connectivity index (χ4v) is 3.32. The van der Waals surface area contributed by atoms with Crippen LogP contribution in [0, 0.1) is 0 Å². The summed E-state index contributed by atoms with van der Waals surface area (Å²) in [6.07, 6.45) is 3.40. The second-order valence-electron chi connectivity index (χ2n) is 6.73. The molecule has 0 spiro atoms. The molecule has 4 rings (SSSR count). The number of benzene rings is 2. The smallest absolute Gasteiger partial charge is 0.274 e. The van der Waals surface area contributed by atoms with Crippen LogP contribution in [-0.2, 0) is 6.54 Å². The molecule has 29 heavy (non-hydrogen) atoms. The number of carbonyl (C=O) groups excluding carboxylic acids is 1. The zero-order chi connectivity index (χ0) is 20.1. The van der Waals surface area contributed by atoms with Gasteiger partial charge in [0.05, 0.1) is 11.2 Å². The lowest BCUT2D eigenvalue weighted by Crippen LogP contribution is -2.23. The van der Waals surface area contributed by atoms with Crippen molar-refractivity contribution in [3.8, 4) is 0 Å². The van der Waals surface area contributed by atoms with E-state index in [4.69, 9.17) is 0 Å². The number of nitrogens with zero attached hydrogens (tertiary/aromatic N) is 3. The standard InChI is InChI=1S/C24H22N4O/c1-2-28(17-18-8-4-3-5-9-18)20-13-15-25-22(16-20)24(29)27-21-12-6-10-19-11-7-14-26-23(19)21/h3-16H,2,17H2,1H3,(H,27,29). The molecule has 0 unspecified atom stereocenters. The number of pyridine rings is 2. The number of fused-ring (bicyclic) bond motifs is 1. The van der Waals surface area contributed by atoms with Gasteiger partial charge in [0.2, 0.25) is 0 Å². The van der Waals surface area contributed by atoms with Gasteiger partial charge in [-0.3, -0.25) is 14.8 Å². The molecule has 0 aliphatic heterocycles. The molecule has 2 heterocycles. The van der Waals surface area contributed by atoms with Crippen LogP contribution in [0.15, 0.2) is 85.2 Å². The van der Waals surface area contributed by atoms with Crippen molar-refractivity contribution in [3.05, 3.63) is 96.4 Å². The second kappa shape index (κ2) is 8.52. The number of amides is 1. The summed E-state index contributed by atoms with van der Waals surface area (Å²) in [5.41, 5.74) is 4.00. The molecule has 0 aliphatic rings. The lowest BCUT2D eigenvalue weighted by Gasteiger charge is -2.23. The molecule has 144 valence electrons. The van der Waals surface area contributed by atoms with E-state index >= 15 is 0 Å². The molecule has 0 saturated heterocycles. The molecule has 0 aliphatic carbocycles. The molecular weight excluding hydrogens is 360 g/mol. The quantitative estimate of drug-likeness (QED) is 0.515. The van der Waals surface area contributed by atoms with Crippen LogP contribution in [0.3, 0.4) is 0 Å². The molecule has 2 aromatic carbocycles. The van der Waals surface area contributed by atoms with E-state index in [2.05, 4.69) is 39.2 Å². The molecule has 1 N–H and O–H groups in total. The third-order valence-corrected chi connectivity index (χ3v) is 4.82. The van der Waals surface area contributed by atoms with Gasteiger partial charge < -0.3 is 10.2 Å². The highest BCUT2D eigenvalue weighted by Crippen LogP contribution is 2.22. The van der Waals surface area contributed by atoms with Gasteiger partial charge in [-0.1, -0.05) is 48.5 Å². The lowest BCUT2D eigenvalue weighted by atomic mass is 10.2. The molecular formula is C24H22N4O. The Labute approximate surface area is 170 Å². The van der Waals surface area contributed by atoms with Gasteiger partial charge in [0.25, 0.3) is 5.91 Å². The van der Waals surface area contributed by atoms with Gasteiger partial charge in [-0.15, -0.1) is 0 Å². The average Bonchev–Trinajstić information content (AvgIpc) is 2.78. The van der Waals surface area contributed by atoms with E-state index in [0.717, 1.165) is 29.7 Å². The van der Waals surface area contributed by atoms with E-state index in [9.17, 15) is 4.79 Å². The van der Waals surface area contributed by atoms with Crippen molar-refractivity contribution in [2.75, 3.05) is 16.8 Å². The van der Waals surface area contributed by atoms with Crippen molar-refractivity contribution >= 4 is 28.2 Å². The van der Waals surface area contributed by atoms with Gasteiger partial charge in [-0.2, -0.15) is 0 Å². The van der Waals surface area contributed by atoms with Crippen LogP contribution in [0.5, 0.6) is 0 Å². The molecule has 0 atom stereocenters. The SMILES string of the molecule is CCN(Cc1ccccc1)c1ccnc(C(=O)Nc2cccc3cccnc23)c1. The third kappa shape index (κ3) is 4.24. The van der Waals surface area contributed by atoms with Gasteiger partial charge in [-0.05, 0) is 36.8 Å². The fourth-order valence-electron chi connectivity index (χ4n) is 3.32. The molecule has 2 aromatic heterocycles. The molecule has 5 nitrogen and oxygen atoms in total. The number of hydrogen-bond acceptors (Lipinski definition) is 4. The predicted molar refractivity (Wildman–Crippen MR) is 117 cm³/mol. The largest absolute Gasteiger partial charge is 0.367 e. The minimum absolute atomic E-state index is 0.249. The summed E-state index contributed by atoms with van der Waals surface area (Å²) in [5, 5.41) is 3.93. The molecule has 0 bridgehead atoms. The first-order chi connectivity index (χ1) is 14.2. The Morgan fingerprint density at radius 2 is 1.76 bits per heavy atom. The molecule has 0 saturated carbocycles. The Morgan fingerprint density at radius 3 is 2.59 bits per heavy atom. The third-order valence-electron chi connectivity index (χ3n) is 4.82. The molecule has 4 aromatic rings. The summed E-state index contributed by atoms with van der Waals surface area (Å²) in [4.78, 5) is 23.7. The maximum absolute atomic E-state index is 12.9. The summed E-state index contributed by atoms with van der Waals surface area (Å²) >= 11 is 0. The van der Waals surface area contributed by atoms with Gasteiger partial charge in [-0.25, -0.2) is 0 Å². The Bertz CT molecular complexity index is 1120. The Morgan fingerprint density at radius 1 is 0.931 bits per heavy atom. The van der Waals surface area contributed by atoms with Crippen LogP contribution >= 0.6 is 0 Å². The minimum Gasteiger partial charge on any atom is -0.367 e. The topological polar surface area (TPSA) is 58.1 Å². The van der Waals surface area contributed by atoms with E-state index < -0.39 is 0 Å². The second-order valence-corrected chi connectivity index (χ2v) is 6.73. The summed E-state index contributed by atoms with van der Waals surface area (Å²) < 4.78 is 0. The number of aromatic nitrogens is 2. The number of rotatable bonds is 6. The van der Waals surface area contributed by atoms with Gasteiger partial charge in [0.15, 0.2) is 0 Å². The van der Waals surface area contributed by atoms with Crippen molar-refractivity contribution in [2.45, 2.75) is 13.5 Å². The van der Waals surface area contributed by atoms with E-state index in [0.29, 0.717) is 11.4 Å². The highest BCUT2D eigenvalue weighted by atomic mass is 16.1. The average molecular weight is 382 g/mol. The molecule has 0 radical (unpaired) electrons. The van der Waals surface area contributed by atoms with Crippen LogP contribution in [0.4, 0.5) is 11.4 Å². The van der Waals surface area contributed by atoms with Crippen LogP contribution in [0.25, 0.3) is 10.9 Å². The molecule has 1 amide bonds. The molecule has 5 heteroatoms. The van der Waals surface area contributed by atoms with Crippen LogP contribution < -0.4 is 10.2 Å².